The molecule has 0 unspecified atom stereocenters. The molecule has 3 heterocycles. The summed E-state index contributed by atoms with van der Waals surface area (Å²) in [6.45, 7) is 5.27. The Morgan fingerprint density at radius 1 is 1.03 bits per heavy atom. The van der Waals surface area contributed by atoms with E-state index in [1.165, 1.54) is 32.1 Å². The van der Waals surface area contributed by atoms with Crippen LogP contribution in [0.25, 0.3) is 10.9 Å². The predicted octanol–water partition coefficient (Wildman–Crippen LogP) is 4.89. The van der Waals surface area contributed by atoms with Crippen molar-refractivity contribution in [3.8, 4) is 11.5 Å². The number of aromatic amines is 1. The van der Waals surface area contributed by atoms with Crippen molar-refractivity contribution in [1.29, 1.82) is 0 Å². The SMILES string of the molecule is CC(C)[C@@H](c1nnnn1C1CCCCC1)N(Cc1cc2cc3c(cc2[nH]c1=O)OCO3)C1CCCC1. The summed E-state index contributed by atoms with van der Waals surface area (Å²) in [5.74, 6) is 2.64. The van der Waals surface area contributed by atoms with Gasteiger partial charge < -0.3 is 14.5 Å². The van der Waals surface area contributed by atoms with Gasteiger partial charge in [0.15, 0.2) is 17.3 Å². The van der Waals surface area contributed by atoms with Gasteiger partial charge in [-0.15, -0.1) is 5.10 Å². The second kappa shape index (κ2) is 9.84. The standard InChI is InChI=1S/C27H36N6O3/c1-17(2)25(26-29-30-31-33(26)21-10-4-3-5-11-21)32(20-8-6-7-9-20)15-19-12-18-13-23-24(36-16-35-23)14-22(18)28-27(19)34/h12-14,17,20-21,25H,3-11,15-16H2,1-2H3,(H,28,34)/t25-/m0/s1. The van der Waals surface area contributed by atoms with Gasteiger partial charge in [-0.3, -0.25) is 9.69 Å². The Hall–Kier alpha value is -2.94. The van der Waals surface area contributed by atoms with Crippen molar-refractivity contribution in [3.05, 3.63) is 39.9 Å². The molecular formula is C27H36N6O3. The number of nitrogens with one attached hydrogen (secondary N) is 1. The highest BCUT2D eigenvalue weighted by Gasteiger charge is 2.36. The van der Waals surface area contributed by atoms with Gasteiger partial charge in [-0.1, -0.05) is 46.0 Å². The first-order valence-corrected chi connectivity index (χ1v) is 13.6. The van der Waals surface area contributed by atoms with Crippen molar-refractivity contribution in [2.75, 3.05) is 6.79 Å². The number of ether oxygens (including phenoxy) is 2. The zero-order valence-electron chi connectivity index (χ0n) is 21.3. The summed E-state index contributed by atoms with van der Waals surface area (Å²) in [7, 11) is 0. The van der Waals surface area contributed by atoms with Gasteiger partial charge in [-0.25, -0.2) is 4.68 Å². The van der Waals surface area contributed by atoms with E-state index in [0.717, 1.165) is 53.7 Å². The lowest BCUT2D eigenvalue weighted by Crippen LogP contribution is -2.41. The van der Waals surface area contributed by atoms with Crippen LogP contribution in [0, 0.1) is 5.92 Å². The number of aromatic nitrogens is 5. The highest BCUT2D eigenvalue weighted by Crippen LogP contribution is 2.39. The Labute approximate surface area is 211 Å². The number of H-pyrrole nitrogens is 1. The van der Waals surface area contributed by atoms with Gasteiger partial charge in [0, 0.05) is 29.6 Å². The number of nitrogens with zero attached hydrogens (tertiary/aromatic N) is 5. The highest BCUT2D eigenvalue weighted by atomic mass is 16.7. The van der Waals surface area contributed by atoms with Gasteiger partial charge in [-0.05, 0) is 54.2 Å². The molecule has 9 heteroatoms. The second-order valence-electron chi connectivity index (χ2n) is 11.0. The Morgan fingerprint density at radius 3 is 2.50 bits per heavy atom. The Kier molecular flexibility index (Phi) is 6.41. The molecule has 9 nitrogen and oxygen atoms in total. The molecule has 6 rings (SSSR count). The summed E-state index contributed by atoms with van der Waals surface area (Å²) < 4.78 is 13.2. The van der Waals surface area contributed by atoms with Crippen molar-refractivity contribution in [1.82, 2.24) is 30.1 Å². The lowest BCUT2D eigenvalue weighted by molar-refractivity contribution is 0.0815. The smallest absolute Gasteiger partial charge is 0.252 e. The molecule has 2 aromatic heterocycles. The average Bonchev–Trinajstić information content (AvgIpc) is 3.65. The molecule has 0 saturated heterocycles. The molecule has 3 aliphatic rings. The number of pyridine rings is 1. The minimum Gasteiger partial charge on any atom is -0.454 e. The molecule has 0 amide bonds. The van der Waals surface area contributed by atoms with Crippen LogP contribution in [0.4, 0.5) is 0 Å². The van der Waals surface area contributed by atoms with E-state index in [4.69, 9.17) is 9.47 Å². The maximum absolute atomic E-state index is 13.3. The molecule has 0 radical (unpaired) electrons. The fourth-order valence-electron chi connectivity index (χ4n) is 6.46. The van der Waals surface area contributed by atoms with Crippen LogP contribution in [-0.4, -0.2) is 42.9 Å². The number of fused-ring (bicyclic) bond motifs is 2. The molecule has 2 aliphatic carbocycles. The molecule has 0 bridgehead atoms. The van der Waals surface area contributed by atoms with Gasteiger partial charge in [0.05, 0.1) is 17.6 Å². The minimum absolute atomic E-state index is 0.0388. The van der Waals surface area contributed by atoms with Crippen LogP contribution < -0.4 is 15.0 Å². The summed E-state index contributed by atoms with van der Waals surface area (Å²) in [6, 6.07) is 6.63. The Bertz CT molecular complexity index is 1270. The summed E-state index contributed by atoms with van der Waals surface area (Å²) in [5.41, 5.74) is 1.47. The van der Waals surface area contributed by atoms with Crippen LogP contribution in [0.1, 0.15) is 95.1 Å². The van der Waals surface area contributed by atoms with Crippen molar-refractivity contribution in [2.24, 2.45) is 5.92 Å². The van der Waals surface area contributed by atoms with Crippen LogP contribution >= 0.6 is 0 Å². The first kappa shape index (κ1) is 23.5. The zero-order valence-corrected chi connectivity index (χ0v) is 21.3. The Balaban J connectivity index is 1.38. The number of benzene rings is 1. The largest absolute Gasteiger partial charge is 0.454 e. The third kappa shape index (κ3) is 4.38. The summed E-state index contributed by atoms with van der Waals surface area (Å²) in [6.07, 6.45) is 10.7. The first-order chi connectivity index (χ1) is 17.6. The fraction of sp³-hybridized carbons (Fsp3) is 0.630. The fourth-order valence-corrected chi connectivity index (χ4v) is 6.46. The molecule has 1 N–H and O–H groups in total. The summed E-state index contributed by atoms with van der Waals surface area (Å²) in [5, 5.41) is 14.2. The molecule has 1 aliphatic heterocycles. The topological polar surface area (TPSA) is 98.2 Å². The van der Waals surface area contributed by atoms with E-state index in [-0.39, 0.29) is 18.4 Å². The van der Waals surface area contributed by atoms with Gasteiger partial charge in [-0.2, -0.15) is 0 Å². The summed E-state index contributed by atoms with van der Waals surface area (Å²) >= 11 is 0. The molecule has 2 saturated carbocycles. The molecule has 2 fully saturated rings. The number of tetrazole rings is 1. The number of hydrogen-bond donors (Lipinski definition) is 1. The van der Waals surface area contributed by atoms with E-state index >= 15 is 0 Å². The molecular weight excluding hydrogens is 456 g/mol. The third-order valence-electron chi connectivity index (χ3n) is 8.25. The third-order valence-corrected chi connectivity index (χ3v) is 8.25. The van der Waals surface area contributed by atoms with Gasteiger partial charge in [0.1, 0.15) is 0 Å². The van der Waals surface area contributed by atoms with Crippen molar-refractivity contribution < 1.29 is 9.47 Å². The van der Waals surface area contributed by atoms with Crippen LogP contribution in [0.3, 0.4) is 0 Å². The average molecular weight is 493 g/mol. The van der Waals surface area contributed by atoms with Crippen molar-refractivity contribution in [2.45, 2.75) is 96.3 Å². The monoisotopic (exact) mass is 492 g/mol. The van der Waals surface area contributed by atoms with Crippen LogP contribution in [-0.2, 0) is 6.54 Å². The van der Waals surface area contributed by atoms with E-state index in [2.05, 4.69) is 43.9 Å². The lowest BCUT2D eigenvalue weighted by atomic mass is 9.94. The van der Waals surface area contributed by atoms with Gasteiger partial charge in [0.2, 0.25) is 6.79 Å². The van der Waals surface area contributed by atoms with Crippen molar-refractivity contribution in [3.63, 3.8) is 0 Å². The maximum atomic E-state index is 13.3. The molecule has 192 valence electrons. The Morgan fingerprint density at radius 2 is 1.75 bits per heavy atom. The predicted molar refractivity (Wildman–Crippen MR) is 136 cm³/mol. The summed E-state index contributed by atoms with van der Waals surface area (Å²) in [4.78, 5) is 18.9. The van der Waals surface area contributed by atoms with Gasteiger partial charge >= 0.3 is 0 Å². The zero-order chi connectivity index (χ0) is 24.6. The van der Waals surface area contributed by atoms with Crippen LogP contribution in [0.5, 0.6) is 11.5 Å². The normalized spacial score (nSPS) is 19.7. The van der Waals surface area contributed by atoms with E-state index < -0.39 is 0 Å². The van der Waals surface area contributed by atoms with E-state index in [9.17, 15) is 4.79 Å². The van der Waals surface area contributed by atoms with Crippen LogP contribution in [0.2, 0.25) is 0 Å². The van der Waals surface area contributed by atoms with Crippen molar-refractivity contribution >= 4 is 10.9 Å². The lowest BCUT2D eigenvalue weighted by Gasteiger charge is -2.38. The molecule has 0 spiro atoms. The second-order valence-corrected chi connectivity index (χ2v) is 11.0. The highest BCUT2D eigenvalue weighted by molar-refractivity contribution is 5.83. The molecule has 1 aromatic carbocycles. The van der Waals surface area contributed by atoms with E-state index in [1.54, 1.807) is 0 Å². The molecule has 36 heavy (non-hydrogen) atoms. The van der Waals surface area contributed by atoms with E-state index in [1.807, 2.05) is 18.2 Å². The molecule has 3 aromatic rings. The number of hydrogen-bond acceptors (Lipinski definition) is 7. The number of rotatable bonds is 7. The molecule has 1 atom stereocenters. The quantitative estimate of drug-likeness (QED) is 0.501. The maximum Gasteiger partial charge on any atom is 0.252 e. The van der Waals surface area contributed by atoms with E-state index in [0.29, 0.717) is 30.3 Å². The first-order valence-electron chi connectivity index (χ1n) is 13.6. The van der Waals surface area contributed by atoms with Gasteiger partial charge in [0.25, 0.3) is 5.56 Å². The minimum atomic E-state index is -0.0567. The van der Waals surface area contributed by atoms with Crippen LogP contribution in [0.15, 0.2) is 23.0 Å².